The molecule has 0 radical (unpaired) electrons. The molecule has 0 heterocycles. The maximum absolute atomic E-state index is 9.31. The molecule has 0 atom stereocenters. The molecule has 0 unspecified atom stereocenters. The van der Waals surface area contributed by atoms with E-state index in [-0.39, 0.29) is 45.5 Å². The molecule has 0 spiro atoms. The fourth-order valence-electron chi connectivity index (χ4n) is 0. The van der Waals surface area contributed by atoms with Crippen molar-refractivity contribution in [1.29, 1.82) is 0 Å². The predicted octanol–water partition coefficient (Wildman–Crippen LogP) is 0.463. The van der Waals surface area contributed by atoms with Gasteiger partial charge in [0.25, 0.3) is 0 Å². The number of carbonyl (C=O) groups excluding carboxylic acids is 1. The van der Waals surface area contributed by atoms with Gasteiger partial charge in [-0.1, -0.05) is 0 Å². The average molecular weight is 226 g/mol. The van der Waals surface area contributed by atoms with Crippen molar-refractivity contribution in [3.05, 3.63) is 0 Å². The third kappa shape index (κ3) is 32.8. The van der Waals surface area contributed by atoms with E-state index < -0.39 is 0 Å². The van der Waals surface area contributed by atoms with Crippen LogP contribution in [0.3, 0.4) is 0 Å². The molecular formula is C2H4OSSm. The molecule has 1 nitrogen and oxygen atoms in total. The van der Waals surface area contributed by atoms with Crippen molar-refractivity contribution in [3.8, 4) is 0 Å². The smallest absolute Gasteiger partial charge is 0.182 e. The Morgan fingerprint density at radius 3 is 1.80 bits per heavy atom. The van der Waals surface area contributed by atoms with Gasteiger partial charge in [0.1, 0.15) is 0 Å². The van der Waals surface area contributed by atoms with Gasteiger partial charge in [-0.05, 0) is 0 Å². The monoisotopic (exact) mass is 228 g/mol. The minimum atomic E-state index is -0.139. The van der Waals surface area contributed by atoms with Crippen molar-refractivity contribution in [1.82, 2.24) is 0 Å². The van der Waals surface area contributed by atoms with Crippen molar-refractivity contribution >= 4 is 17.7 Å². The van der Waals surface area contributed by atoms with E-state index in [0.717, 1.165) is 0 Å². The average Bonchev–Trinajstić information content (AvgIpc) is 0.811. The first kappa shape index (κ1) is 9.61. The van der Waals surface area contributed by atoms with E-state index >= 15 is 0 Å². The molecule has 0 rings (SSSR count). The van der Waals surface area contributed by atoms with E-state index in [1.807, 2.05) is 0 Å². The van der Waals surface area contributed by atoms with Crippen LogP contribution in [0, 0.1) is 40.4 Å². The molecule has 0 amide bonds. The number of rotatable bonds is 0. The summed E-state index contributed by atoms with van der Waals surface area (Å²) in [5.41, 5.74) is 0. The van der Waals surface area contributed by atoms with Gasteiger partial charge >= 0.3 is 0 Å². The number of carbonyl (C=O) groups is 1. The Morgan fingerprint density at radius 1 is 1.80 bits per heavy atom. The fourth-order valence-corrected chi connectivity index (χ4v) is 0. The van der Waals surface area contributed by atoms with E-state index in [4.69, 9.17) is 0 Å². The summed E-state index contributed by atoms with van der Waals surface area (Å²) in [6, 6.07) is 0. The third-order valence-electron chi connectivity index (χ3n) is 0. The van der Waals surface area contributed by atoms with Gasteiger partial charge in [-0.15, -0.1) is 12.6 Å². The van der Waals surface area contributed by atoms with Crippen LogP contribution >= 0.6 is 12.6 Å². The van der Waals surface area contributed by atoms with Gasteiger partial charge in [0.05, 0.1) is 0 Å². The standard InChI is InChI=1S/C2H4OS.Sm/c1-2(3)4;/h1H3,(H,3,4);. The molecule has 0 aliphatic heterocycles. The summed E-state index contributed by atoms with van der Waals surface area (Å²) in [4.78, 5) is 9.31. The van der Waals surface area contributed by atoms with Crippen molar-refractivity contribution in [2.24, 2.45) is 0 Å². The van der Waals surface area contributed by atoms with Gasteiger partial charge in [0.2, 0.25) is 0 Å². The minimum absolute atomic E-state index is 0. The Hall–Kier alpha value is 1.36. The van der Waals surface area contributed by atoms with E-state index in [1.54, 1.807) is 0 Å². The van der Waals surface area contributed by atoms with Crippen molar-refractivity contribution in [2.45, 2.75) is 6.92 Å². The fraction of sp³-hybridized carbons (Fsp3) is 0.500. The Balaban J connectivity index is 0. The quantitative estimate of drug-likeness (QED) is 0.594. The van der Waals surface area contributed by atoms with Crippen molar-refractivity contribution < 1.29 is 45.2 Å². The topological polar surface area (TPSA) is 17.1 Å². The summed E-state index contributed by atoms with van der Waals surface area (Å²) in [5.74, 6) is 0. The Labute approximate surface area is 69.0 Å². The molecule has 0 saturated heterocycles. The molecular weight excluding hydrogens is 222 g/mol. The normalized spacial score (nSPS) is 5.20. The molecule has 0 aromatic carbocycles. The number of hydrogen-bond donors (Lipinski definition) is 1. The molecule has 0 saturated carbocycles. The molecule has 5 heavy (non-hydrogen) atoms. The second-order valence-electron chi connectivity index (χ2n) is 0.519. The van der Waals surface area contributed by atoms with E-state index in [1.165, 1.54) is 6.92 Å². The first-order valence-corrected chi connectivity index (χ1v) is 1.37. The predicted molar refractivity (Wildman–Crippen MR) is 19.7 cm³/mol. The first-order chi connectivity index (χ1) is 1.73. The van der Waals surface area contributed by atoms with Crippen LogP contribution < -0.4 is 0 Å². The van der Waals surface area contributed by atoms with Crippen molar-refractivity contribution in [2.75, 3.05) is 0 Å². The van der Waals surface area contributed by atoms with Gasteiger partial charge in [0, 0.05) is 47.3 Å². The number of thiol groups is 1. The van der Waals surface area contributed by atoms with Crippen LogP contribution in [0.25, 0.3) is 0 Å². The molecule has 30 valence electrons. The summed E-state index contributed by atoms with van der Waals surface area (Å²) in [6.07, 6.45) is 0. The van der Waals surface area contributed by atoms with E-state index in [0.29, 0.717) is 0 Å². The van der Waals surface area contributed by atoms with Gasteiger partial charge in [-0.3, -0.25) is 4.79 Å². The molecule has 0 aliphatic carbocycles. The second kappa shape index (κ2) is 5.36. The Kier molecular flexibility index (Phi) is 10.3. The third-order valence-corrected chi connectivity index (χ3v) is 0. The van der Waals surface area contributed by atoms with Gasteiger partial charge in [-0.2, -0.15) is 0 Å². The molecule has 0 aromatic rings. The molecule has 3 heteroatoms. The molecule has 0 aromatic heterocycles. The SMILES string of the molecule is CC(=O)S.[Sm]. The van der Waals surface area contributed by atoms with Gasteiger partial charge < -0.3 is 0 Å². The summed E-state index contributed by atoms with van der Waals surface area (Å²) in [7, 11) is 0. The molecule has 0 aliphatic rings. The molecule has 0 bridgehead atoms. The Bertz CT molecular complexity index is 32.6. The zero-order chi connectivity index (χ0) is 3.58. The summed E-state index contributed by atoms with van der Waals surface area (Å²) >= 11 is 3.33. The van der Waals surface area contributed by atoms with Crippen molar-refractivity contribution in [3.63, 3.8) is 0 Å². The largest absolute Gasteiger partial charge is 0.288 e. The zero-order valence-electron chi connectivity index (χ0n) is 2.76. The van der Waals surface area contributed by atoms with E-state index in [9.17, 15) is 4.79 Å². The molecule has 0 N–H and O–H groups in total. The van der Waals surface area contributed by atoms with E-state index in [2.05, 4.69) is 12.6 Å². The zero-order valence-corrected chi connectivity index (χ0v) is 6.28. The van der Waals surface area contributed by atoms with Crippen LogP contribution in [0.1, 0.15) is 6.92 Å². The van der Waals surface area contributed by atoms with Crippen LogP contribution in [0.5, 0.6) is 0 Å². The van der Waals surface area contributed by atoms with Crippen LogP contribution in [0.2, 0.25) is 0 Å². The van der Waals surface area contributed by atoms with Gasteiger partial charge in [0.15, 0.2) is 5.12 Å². The van der Waals surface area contributed by atoms with Crippen LogP contribution in [-0.2, 0) is 4.79 Å². The molecule has 0 fully saturated rings. The minimum Gasteiger partial charge on any atom is -0.288 e. The van der Waals surface area contributed by atoms with Gasteiger partial charge in [-0.25, -0.2) is 0 Å². The van der Waals surface area contributed by atoms with Crippen LogP contribution in [-0.4, -0.2) is 5.12 Å². The summed E-state index contributed by atoms with van der Waals surface area (Å²) < 4.78 is 0. The first-order valence-electron chi connectivity index (χ1n) is 0.928. The maximum atomic E-state index is 9.31. The Morgan fingerprint density at radius 2 is 1.80 bits per heavy atom. The summed E-state index contributed by atoms with van der Waals surface area (Å²) in [5, 5.41) is -0.139. The van der Waals surface area contributed by atoms with Crippen LogP contribution in [0.15, 0.2) is 0 Å². The summed E-state index contributed by atoms with van der Waals surface area (Å²) in [6.45, 7) is 1.39. The van der Waals surface area contributed by atoms with Crippen LogP contribution in [0.4, 0.5) is 0 Å². The number of hydrogen-bond acceptors (Lipinski definition) is 1. The second-order valence-corrected chi connectivity index (χ2v) is 1.15. The maximum Gasteiger partial charge on any atom is 0.182 e.